The van der Waals surface area contributed by atoms with Crippen LogP contribution in [0.1, 0.15) is 18.1 Å². The molecule has 0 aliphatic rings. The Morgan fingerprint density at radius 2 is 1.83 bits per heavy atom. The summed E-state index contributed by atoms with van der Waals surface area (Å²) in [5.74, 6) is -1.33. The number of alkyl halides is 3. The first-order valence-corrected chi connectivity index (χ1v) is 4.72. The Labute approximate surface area is 99.5 Å². The Bertz CT molecular complexity index is 485. The molecular formula is C10H9F3N2O3. The highest BCUT2D eigenvalue weighted by Crippen LogP contribution is 2.33. The maximum atomic E-state index is 12.5. The fourth-order valence-electron chi connectivity index (χ4n) is 1.34. The molecule has 0 radical (unpaired) electrons. The summed E-state index contributed by atoms with van der Waals surface area (Å²) < 4.78 is 37.4. The maximum Gasteiger partial charge on any atom is 0.416 e. The van der Waals surface area contributed by atoms with Gasteiger partial charge in [-0.2, -0.15) is 13.2 Å². The number of rotatable bonds is 3. The topological polar surface area (TPSA) is 86.2 Å². The largest absolute Gasteiger partial charge is 0.416 e. The highest BCUT2D eigenvalue weighted by Gasteiger charge is 2.47. The van der Waals surface area contributed by atoms with Crippen molar-refractivity contribution in [3.8, 4) is 0 Å². The molecule has 0 fully saturated rings. The minimum atomic E-state index is -4.65. The molecule has 0 aliphatic heterocycles. The number of nitro groups is 1. The van der Waals surface area contributed by atoms with Gasteiger partial charge in [-0.25, -0.2) is 0 Å². The molecule has 0 aliphatic carbocycles. The number of nitrogens with zero attached hydrogens (tertiary/aromatic N) is 1. The fraction of sp³-hybridized carbons (Fsp3) is 0.300. The minimum absolute atomic E-state index is 0.408. The Kier molecular flexibility index (Phi) is 3.32. The van der Waals surface area contributed by atoms with Gasteiger partial charge in [-0.3, -0.25) is 14.9 Å². The number of amides is 1. The molecule has 0 bridgehead atoms. The molecule has 0 spiro atoms. The number of carbonyl (C=O) groups excluding carboxylic acids is 1. The molecule has 2 N–H and O–H groups in total. The number of halogens is 3. The molecule has 0 aromatic heterocycles. The van der Waals surface area contributed by atoms with Crippen LogP contribution in [-0.2, 0) is 16.5 Å². The van der Waals surface area contributed by atoms with E-state index >= 15 is 0 Å². The van der Waals surface area contributed by atoms with Crippen molar-refractivity contribution in [1.82, 2.24) is 0 Å². The molecule has 1 unspecified atom stereocenters. The van der Waals surface area contributed by atoms with E-state index in [4.69, 9.17) is 5.73 Å². The standard InChI is InChI=1S/C10H9F3N2O3/c1-9(8(14)16,15(17)18)6-3-2-4-7(5-6)10(11,12)13/h2-5H,1H3,(H2,14,16). The van der Waals surface area contributed by atoms with Crippen molar-refractivity contribution in [2.45, 2.75) is 18.6 Å². The molecule has 0 saturated carbocycles. The van der Waals surface area contributed by atoms with Crippen LogP contribution in [0.4, 0.5) is 13.2 Å². The minimum Gasteiger partial charge on any atom is -0.363 e. The lowest BCUT2D eigenvalue weighted by molar-refractivity contribution is -0.556. The van der Waals surface area contributed by atoms with E-state index in [0.29, 0.717) is 6.07 Å². The third kappa shape index (κ3) is 2.27. The Hall–Kier alpha value is -2.12. The maximum absolute atomic E-state index is 12.5. The van der Waals surface area contributed by atoms with Crippen LogP contribution in [0.2, 0.25) is 0 Å². The third-order valence-corrected chi connectivity index (χ3v) is 2.60. The van der Waals surface area contributed by atoms with Gasteiger partial charge in [0, 0.05) is 17.4 Å². The zero-order chi connectivity index (χ0) is 14.1. The molecule has 1 atom stereocenters. The number of primary amides is 1. The first-order valence-electron chi connectivity index (χ1n) is 4.72. The summed E-state index contributed by atoms with van der Waals surface area (Å²) in [5, 5.41) is 10.8. The van der Waals surface area contributed by atoms with Crippen LogP contribution >= 0.6 is 0 Å². The normalized spacial score (nSPS) is 14.9. The summed E-state index contributed by atoms with van der Waals surface area (Å²) in [6, 6.07) is 3.35. The second-order valence-corrected chi connectivity index (χ2v) is 3.77. The predicted molar refractivity (Wildman–Crippen MR) is 55.0 cm³/mol. The highest BCUT2D eigenvalue weighted by molar-refractivity contribution is 5.84. The van der Waals surface area contributed by atoms with Gasteiger partial charge in [0.25, 0.3) is 5.91 Å². The number of nitrogens with two attached hydrogens (primary N) is 1. The van der Waals surface area contributed by atoms with Crippen molar-refractivity contribution in [2.24, 2.45) is 5.73 Å². The van der Waals surface area contributed by atoms with Crippen LogP contribution in [0.5, 0.6) is 0 Å². The molecule has 1 rings (SSSR count). The van der Waals surface area contributed by atoms with E-state index in [1.807, 2.05) is 0 Å². The molecular weight excluding hydrogens is 253 g/mol. The van der Waals surface area contributed by atoms with E-state index in [1.165, 1.54) is 0 Å². The van der Waals surface area contributed by atoms with Gasteiger partial charge in [0.05, 0.1) is 5.56 Å². The van der Waals surface area contributed by atoms with Gasteiger partial charge >= 0.3 is 11.7 Å². The van der Waals surface area contributed by atoms with Crippen LogP contribution in [-0.4, -0.2) is 10.8 Å². The van der Waals surface area contributed by atoms with Crippen molar-refractivity contribution in [3.05, 3.63) is 45.5 Å². The summed E-state index contributed by atoms with van der Waals surface area (Å²) >= 11 is 0. The van der Waals surface area contributed by atoms with Crippen molar-refractivity contribution in [2.75, 3.05) is 0 Å². The molecule has 98 valence electrons. The number of benzene rings is 1. The monoisotopic (exact) mass is 262 g/mol. The molecule has 1 aromatic carbocycles. The van der Waals surface area contributed by atoms with Crippen LogP contribution in [0.15, 0.2) is 24.3 Å². The van der Waals surface area contributed by atoms with Crippen molar-refractivity contribution < 1.29 is 22.9 Å². The summed E-state index contributed by atoms with van der Waals surface area (Å²) in [4.78, 5) is 21.0. The number of hydrogen-bond acceptors (Lipinski definition) is 3. The average molecular weight is 262 g/mol. The Balaban J connectivity index is 3.41. The van der Waals surface area contributed by atoms with Gasteiger partial charge < -0.3 is 5.73 Å². The van der Waals surface area contributed by atoms with E-state index in [2.05, 4.69) is 0 Å². The number of hydrogen-bond donors (Lipinski definition) is 1. The molecule has 18 heavy (non-hydrogen) atoms. The van der Waals surface area contributed by atoms with Gasteiger partial charge in [0.15, 0.2) is 0 Å². The van der Waals surface area contributed by atoms with E-state index < -0.39 is 33.7 Å². The van der Waals surface area contributed by atoms with Crippen LogP contribution in [0, 0.1) is 10.1 Å². The Morgan fingerprint density at radius 1 is 1.33 bits per heavy atom. The second kappa shape index (κ2) is 4.28. The second-order valence-electron chi connectivity index (χ2n) is 3.77. The first kappa shape index (κ1) is 13.9. The quantitative estimate of drug-likeness (QED) is 0.664. The van der Waals surface area contributed by atoms with E-state index in [0.717, 1.165) is 25.1 Å². The molecule has 1 aromatic rings. The lowest BCUT2D eigenvalue weighted by Crippen LogP contribution is -2.45. The van der Waals surface area contributed by atoms with Gasteiger partial charge in [-0.15, -0.1) is 0 Å². The van der Waals surface area contributed by atoms with E-state index in [9.17, 15) is 28.1 Å². The highest BCUT2D eigenvalue weighted by atomic mass is 19.4. The summed E-state index contributed by atoms with van der Waals surface area (Å²) in [5.41, 5.74) is 1.03. The molecule has 1 amide bonds. The SMILES string of the molecule is CC(C(N)=O)(c1cccc(C(F)(F)F)c1)[N+](=O)[O-]. The fourth-order valence-corrected chi connectivity index (χ4v) is 1.34. The van der Waals surface area contributed by atoms with Crippen LogP contribution < -0.4 is 5.73 Å². The number of carbonyl (C=O) groups is 1. The zero-order valence-electron chi connectivity index (χ0n) is 9.19. The smallest absolute Gasteiger partial charge is 0.363 e. The van der Waals surface area contributed by atoms with Gasteiger partial charge in [0.1, 0.15) is 0 Å². The Morgan fingerprint density at radius 3 is 2.22 bits per heavy atom. The van der Waals surface area contributed by atoms with Gasteiger partial charge in [-0.1, -0.05) is 12.1 Å². The molecule has 8 heteroatoms. The first-order chi connectivity index (χ1) is 8.10. The van der Waals surface area contributed by atoms with E-state index in [1.54, 1.807) is 0 Å². The van der Waals surface area contributed by atoms with Crippen molar-refractivity contribution >= 4 is 5.91 Å². The molecule has 5 nitrogen and oxygen atoms in total. The molecule has 0 saturated heterocycles. The lowest BCUT2D eigenvalue weighted by Gasteiger charge is -2.18. The summed E-state index contributed by atoms with van der Waals surface area (Å²) in [6.07, 6.45) is -4.65. The van der Waals surface area contributed by atoms with Gasteiger partial charge in [0.2, 0.25) is 0 Å². The summed E-state index contributed by atoms with van der Waals surface area (Å²) in [6.45, 7) is 0.866. The van der Waals surface area contributed by atoms with Crippen molar-refractivity contribution in [3.63, 3.8) is 0 Å². The molecule has 0 heterocycles. The van der Waals surface area contributed by atoms with E-state index in [-0.39, 0.29) is 0 Å². The third-order valence-electron chi connectivity index (χ3n) is 2.60. The van der Waals surface area contributed by atoms with Crippen LogP contribution in [0.3, 0.4) is 0 Å². The average Bonchev–Trinajstić information content (AvgIpc) is 2.26. The predicted octanol–water partition coefficient (Wildman–Crippen LogP) is 1.68. The lowest BCUT2D eigenvalue weighted by atomic mass is 9.91. The zero-order valence-corrected chi connectivity index (χ0v) is 9.19. The summed E-state index contributed by atoms with van der Waals surface area (Å²) in [7, 11) is 0. The van der Waals surface area contributed by atoms with Crippen molar-refractivity contribution in [1.29, 1.82) is 0 Å². The van der Waals surface area contributed by atoms with Crippen LogP contribution in [0.25, 0.3) is 0 Å². The van der Waals surface area contributed by atoms with Gasteiger partial charge in [-0.05, 0) is 12.1 Å².